The monoisotopic (exact) mass is 304 g/mol. The molecule has 4 fully saturated rings. The van der Waals surface area contributed by atoms with Crippen LogP contribution < -0.4 is 0 Å². The Morgan fingerprint density at radius 1 is 1.18 bits per heavy atom. The fourth-order valence-corrected chi connectivity index (χ4v) is 4.90. The molecule has 4 saturated heterocycles. The van der Waals surface area contributed by atoms with E-state index in [4.69, 9.17) is 0 Å². The number of carboxylic acid groups (broad SMARTS) is 1. The lowest BCUT2D eigenvalue weighted by Crippen LogP contribution is -2.60. The van der Waals surface area contributed by atoms with E-state index < -0.39 is 5.97 Å². The number of piperidine rings is 3. The molecule has 3 atom stereocenters. The van der Waals surface area contributed by atoms with E-state index >= 15 is 0 Å². The first-order valence-electron chi connectivity index (χ1n) is 8.09. The molecular weight excluding hydrogens is 283 g/mol. The van der Waals surface area contributed by atoms with Gasteiger partial charge in [0, 0.05) is 24.5 Å². The Labute approximate surface area is 129 Å². The molecule has 0 spiro atoms. The van der Waals surface area contributed by atoms with Gasteiger partial charge in [0.25, 0.3) is 0 Å². The Bertz CT molecular complexity index is 569. The van der Waals surface area contributed by atoms with E-state index in [0.717, 1.165) is 25.2 Å². The second-order valence-electron chi connectivity index (χ2n) is 6.84. The summed E-state index contributed by atoms with van der Waals surface area (Å²) in [5.74, 6) is -0.0750. The van der Waals surface area contributed by atoms with Crippen LogP contribution in [0.1, 0.15) is 24.3 Å². The molecule has 118 valence electrons. The smallest absolute Gasteiger partial charge is 0.317 e. The largest absolute Gasteiger partial charge is 0.480 e. The van der Waals surface area contributed by atoms with Crippen LogP contribution in [0.25, 0.3) is 0 Å². The van der Waals surface area contributed by atoms with E-state index in [-0.39, 0.29) is 18.3 Å². The van der Waals surface area contributed by atoms with E-state index in [1.165, 1.54) is 25.0 Å². The molecule has 0 amide bonds. The van der Waals surface area contributed by atoms with Crippen molar-refractivity contribution in [2.45, 2.75) is 30.8 Å². The Morgan fingerprint density at radius 3 is 2.50 bits per heavy atom. The maximum absolute atomic E-state index is 13.2. The zero-order valence-corrected chi connectivity index (χ0v) is 12.5. The second kappa shape index (κ2) is 5.32. The number of halogens is 1. The second-order valence-corrected chi connectivity index (χ2v) is 6.84. The van der Waals surface area contributed by atoms with Gasteiger partial charge < -0.3 is 5.11 Å². The average molecular weight is 304 g/mol. The highest BCUT2D eigenvalue weighted by atomic mass is 19.1. The summed E-state index contributed by atoms with van der Waals surface area (Å²) in [5.41, 5.74) is 1.14. The third-order valence-corrected chi connectivity index (χ3v) is 5.73. The molecule has 4 nitrogen and oxygen atoms in total. The van der Waals surface area contributed by atoms with Crippen LogP contribution in [0.5, 0.6) is 0 Å². The van der Waals surface area contributed by atoms with Crippen molar-refractivity contribution in [2.75, 3.05) is 26.2 Å². The fourth-order valence-electron chi connectivity index (χ4n) is 4.90. The minimum absolute atomic E-state index is 0.114. The van der Waals surface area contributed by atoms with Gasteiger partial charge in [-0.25, -0.2) is 4.39 Å². The Morgan fingerprint density at radius 2 is 1.86 bits per heavy atom. The molecule has 0 aromatic heterocycles. The maximum Gasteiger partial charge on any atom is 0.317 e. The van der Waals surface area contributed by atoms with Crippen molar-refractivity contribution in [1.29, 1.82) is 0 Å². The quantitative estimate of drug-likeness (QED) is 0.924. The van der Waals surface area contributed by atoms with Crippen LogP contribution in [-0.2, 0) is 4.79 Å². The molecular formula is C17H21FN2O2. The summed E-state index contributed by atoms with van der Waals surface area (Å²) in [7, 11) is 0. The number of hydrogen-bond acceptors (Lipinski definition) is 3. The minimum Gasteiger partial charge on any atom is -0.480 e. The van der Waals surface area contributed by atoms with Crippen LogP contribution in [0.2, 0.25) is 0 Å². The standard InChI is InChI=1S/C17H21FN2O2/c18-13-3-1-11(2-4-13)14-9-20(10-15(21)22)16-12-5-7-19(8-6-12)17(14)16/h1-4,12,14,16-17H,5-10H2,(H,21,22)/t14-,16+,17+/m0/s1. The van der Waals surface area contributed by atoms with Crippen LogP contribution in [0, 0.1) is 11.7 Å². The van der Waals surface area contributed by atoms with E-state index in [9.17, 15) is 14.3 Å². The minimum atomic E-state index is -0.755. The first-order chi connectivity index (χ1) is 10.6. The summed E-state index contributed by atoms with van der Waals surface area (Å²) < 4.78 is 13.2. The predicted molar refractivity (Wildman–Crippen MR) is 80.2 cm³/mol. The molecule has 22 heavy (non-hydrogen) atoms. The van der Waals surface area contributed by atoms with Crippen molar-refractivity contribution in [1.82, 2.24) is 9.80 Å². The maximum atomic E-state index is 13.2. The summed E-state index contributed by atoms with van der Waals surface area (Å²) in [5, 5.41) is 9.22. The zero-order valence-electron chi connectivity index (χ0n) is 12.5. The van der Waals surface area contributed by atoms with Gasteiger partial charge in [-0.15, -0.1) is 0 Å². The highest BCUT2D eigenvalue weighted by Gasteiger charge is 2.53. The van der Waals surface area contributed by atoms with Gasteiger partial charge in [-0.3, -0.25) is 14.6 Å². The summed E-state index contributed by atoms with van der Waals surface area (Å²) in [6.45, 7) is 3.11. The Balaban J connectivity index is 1.67. The summed E-state index contributed by atoms with van der Waals surface area (Å²) in [4.78, 5) is 15.9. The Kier molecular flexibility index (Phi) is 3.42. The van der Waals surface area contributed by atoms with Gasteiger partial charge in [0.15, 0.2) is 0 Å². The topological polar surface area (TPSA) is 43.8 Å². The molecule has 1 aromatic rings. The number of aliphatic carboxylic acids is 1. The van der Waals surface area contributed by atoms with Gasteiger partial charge in [0.1, 0.15) is 5.82 Å². The highest BCUT2D eigenvalue weighted by Crippen LogP contribution is 2.46. The third kappa shape index (κ3) is 2.23. The SMILES string of the molecule is O=C(O)CN1C[C@@H](c2ccc(F)cc2)[C@@H]2[C@H]1C1CCN2CC1. The molecule has 1 aromatic carbocycles. The van der Waals surface area contributed by atoms with Crippen LogP contribution in [0.4, 0.5) is 4.39 Å². The first kappa shape index (κ1) is 14.2. The molecule has 2 bridgehead atoms. The fraction of sp³-hybridized carbons (Fsp3) is 0.588. The van der Waals surface area contributed by atoms with E-state index in [2.05, 4.69) is 9.80 Å². The number of fused-ring (bicyclic) bond motifs is 2. The van der Waals surface area contributed by atoms with Crippen LogP contribution >= 0.6 is 0 Å². The van der Waals surface area contributed by atoms with Gasteiger partial charge in [0.2, 0.25) is 0 Å². The zero-order chi connectivity index (χ0) is 15.3. The lowest BCUT2D eigenvalue weighted by molar-refractivity contribution is -0.139. The number of likely N-dealkylation sites (tertiary alicyclic amines) is 1. The number of nitrogens with zero attached hydrogens (tertiary/aromatic N) is 2. The molecule has 0 unspecified atom stereocenters. The van der Waals surface area contributed by atoms with Crippen LogP contribution in [0.15, 0.2) is 24.3 Å². The molecule has 5 rings (SSSR count). The van der Waals surface area contributed by atoms with E-state index in [1.54, 1.807) is 0 Å². The molecule has 4 heterocycles. The number of benzene rings is 1. The molecule has 4 aliphatic rings. The van der Waals surface area contributed by atoms with Crippen molar-refractivity contribution in [3.05, 3.63) is 35.6 Å². The first-order valence-corrected chi connectivity index (χ1v) is 8.09. The Hall–Kier alpha value is -1.46. The van der Waals surface area contributed by atoms with Gasteiger partial charge in [-0.05, 0) is 49.5 Å². The van der Waals surface area contributed by atoms with Crippen molar-refractivity contribution in [2.24, 2.45) is 5.92 Å². The number of carboxylic acids is 1. The van der Waals surface area contributed by atoms with Crippen molar-refractivity contribution in [3.63, 3.8) is 0 Å². The predicted octanol–water partition coefficient (Wildman–Crippen LogP) is 1.77. The molecule has 4 aliphatic heterocycles. The van der Waals surface area contributed by atoms with Gasteiger partial charge in [-0.1, -0.05) is 12.1 Å². The molecule has 0 saturated carbocycles. The van der Waals surface area contributed by atoms with Crippen LogP contribution in [0.3, 0.4) is 0 Å². The van der Waals surface area contributed by atoms with Crippen molar-refractivity contribution < 1.29 is 14.3 Å². The van der Waals surface area contributed by atoms with E-state index in [1.807, 2.05) is 12.1 Å². The normalized spacial score (nSPS) is 37.2. The highest BCUT2D eigenvalue weighted by molar-refractivity contribution is 5.69. The van der Waals surface area contributed by atoms with Gasteiger partial charge >= 0.3 is 5.97 Å². The molecule has 0 aliphatic carbocycles. The number of rotatable bonds is 3. The number of carbonyl (C=O) groups is 1. The lowest BCUT2D eigenvalue weighted by atomic mass is 9.75. The van der Waals surface area contributed by atoms with Crippen molar-refractivity contribution >= 4 is 5.97 Å². The molecule has 5 heteroatoms. The number of hydrogen-bond donors (Lipinski definition) is 1. The van der Waals surface area contributed by atoms with Crippen LogP contribution in [-0.4, -0.2) is 59.1 Å². The van der Waals surface area contributed by atoms with Gasteiger partial charge in [0.05, 0.1) is 6.54 Å². The summed E-state index contributed by atoms with van der Waals surface area (Å²) in [6.07, 6.45) is 2.35. The summed E-state index contributed by atoms with van der Waals surface area (Å²) in [6, 6.07) is 7.49. The van der Waals surface area contributed by atoms with Crippen molar-refractivity contribution in [3.8, 4) is 0 Å². The van der Waals surface area contributed by atoms with E-state index in [0.29, 0.717) is 18.0 Å². The average Bonchev–Trinajstić information content (AvgIpc) is 2.90. The summed E-state index contributed by atoms with van der Waals surface area (Å²) >= 11 is 0. The third-order valence-electron chi connectivity index (χ3n) is 5.73. The lowest BCUT2D eigenvalue weighted by Gasteiger charge is -2.51. The molecule has 1 N–H and O–H groups in total. The van der Waals surface area contributed by atoms with Gasteiger partial charge in [-0.2, -0.15) is 0 Å². The molecule has 0 radical (unpaired) electrons.